The minimum absolute atomic E-state index is 0.279. The van der Waals surface area contributed by atoms with Crippen molar-refractivity contribution in [2.24, 2.45) is 6.98 Å². The van der Waals surface area contributed by atoms with Crippen molar-refractivity contribution < 1.29 is 28.0 Å². The van der Waals surface area contributed by atoms with Crippen molar-refractivity contribution in [2.75, 3.05) is 27.1 Å². The average molecular weight is 276 g/mol. The minimum atomic E-state index is -3.51. The van der Waals surface area contributed by atoms with Gasteiger partial charge in [0.2, 0.25) is 0 Å². The number of nitrogens with zero attached hydrogens (tertiary/aromatic N) is 3. The average Bonchev–Trinajstić information content (AvgIpc) is 3.18. The summed E-state index contributed by atoms with van der Waals surface area (Å²) in [5, 5.41) is 3.58. The molecule has 0 saturated carbocycles. The lowest BCUT2D eigenvalue weighted by Crippen LogP contribution is -2.20. The normalized spacial score (nSPS) is 30.3. The Morgan fingerprint density at radius 1 is 1.53 bits per heavy atom. The quantitative estimate of drug-likeness (QED) is 0.809. The fourth-order valence-corrected chi connectivity index (χ4v) is 1.28. The van der Waals surface area contributed by atoms with E-state index >= 15 is 0 Å². The summed E-state index contributed by atoms with van der Waals surface area (Å²) in [7, 11) is 0. The molecule has 0 spiro atoms. The molecule has 4 heteroatoms. The number of hydrogen-bond acceptors (Lipinski definition) is 3. The van der Waals surface area contributed by atoms with Gasteiger partial charge in [-0.1, -0.05) is 30.2 Å². The number of aryl methyl sites for hydroxylation is 1. The number of benzene rings is 1. The van der Waals surface area contributed by atoms with E-state index in [1.807, 2.05) is 0 Å². The highest BCUT2D eigenvalue weighted by molar-refractivity contribution is 5.25. The van der Waals surface area contributed by atoms with Gasteiger partial charge in [0.25, 0.3) is 0 Å². The third-order valence-electron chi connectivity index (χ3n) is 2.04. The van der Waals surface area contributed by atoms with E-state index in [9.17, 15) is 0 Å². The Hall–Kier alpha value is -1.65. The molecule has 0 saturated heterocycles. The van der Waals surface area contributed by atoms with Gasteiger partial charge < -0.3 is 9.64 Å². The zero-order chi connectivity index (χ0) is 28.2. The maximum Gasteiger partial charge on any atom is 0.124 e. The van der Waals surface area contributed by atoms with E-state index in [0.29, 0.717) is 0 Å². The molecule has 1 heterocycles. The van der Waals surface area contributed by atoms with Crippen LogP contribution in [0.1, 0.15) is 40.6 Å². The summed E-state index contributed by atoms with van der Waals surface area (Å²) in [5.41, 5.74) is -1.64. The molecule has 102 valence electrons. The van der Waals surface area contributed by atoms with Crippen LogP contribution < -0.4 is 0 Å². The van der Waals surface area contributed by atoms with Crippen molar-refractivity contribution in [3.63, 3.8) is 0 Å². The summed E-state index contributed by atoms with van der Waals surface area (Å²) in [6.45, 7) is -15.0. The minimum Gasteiger partial charge on any atom is -0.366 e. The second kappa shape index (κ2) is 6.50. The van der Waals surface area contributed by atoms with Crippen LogP contribution in [0.3, 0.4) is 0 Å². The highest BCUT2D eigenvalue weighted by atomic mass is 16.5. The molecule has 1 unspecified atom stereocenters. The number of hydrogen-bond donors (Lipinski definition) is 0. The lowest BCUT2D eigenvalue weighted by Gasteiger charge is -2.20. The fraction of sp³-hybridized carbons (Fsp3) is 0.400. The van der Waals surface area contributed by atoms with E-state index in [1.165, 1.54) is 0 Å². The van der Waals surface area contributed by atoms with E-state index < -0.39 is 86.5 Å². The van der Waals surface area contributed by atoms with Gasteiger partial charge in [-0.2, -0.15) is 5.10 Å². The second-order valence-corrected chi connectivity index (χ2v) is 3.24. The zero-order valence-electron chi connectivity index (χ0n) is 26.6. The Morgan fingerprint density at radius 2 is 2.37 bits per heavy atom. The molecule has 0 radical (unpaired) electrons. The van der Waals surface area contributed by atoms with E-state index in [1.54, 1.807) is 0 Å². The molecule has 1 aromatic carbocycles. The molecule has 2 aromatic rings. The highest BCUT2D eigenvalue weighted by Gasteiger charge is 2.17. The van der Waals surface area contributed by atoms with Crippen molar-refractivity contribution in [3.05, 3.63) is 53.7 Å². The molecule has 0 N–H and O–H groups in total. The molecular formula is C15H21N3O. The molecule has 0 bridgehead atoms. The fourth-order valence-electron chi connectivity index (χ4n) is 1.28. The molecule has 19 heavy (non-hydrogen) atoms. The van der Waals surface area contributed by atoms with Crippen LogP contribution in [0.5, 0.6) is 0 Å². The van der Waals surface area contributed by atoms with Crippen molar-refractivity contribution >= 4 is 0 Å². The molecule has 1 atom stereocenters. The zero-order valence-corrected chi connectivity index (χ0v) is 9.61. The Kier molecular flexibility index (Phi) is 1.27. The first-order valence-electron chi connectivity index (χ1n) is 13.5. The van der Waals surface area contributed by atoms with Crippen LogP contribution in [0.2, 0.25) is 0 Å². The predicted octanol–water partition coefficient (Wildman–Crippen LogP) is 2.09. The maximum absolute atomic E-state index is 8.95. The number of likely N-dealkylation sites (N-methyl/N-ethyl adjacent to an activating group) is 1. The molecule has 1 aromatic heterocycles. The standard InChI is InChI=1S/C15H21N3O/c1-17(2)11-12-19-15(13-7-5-4-6-8-13)14-9-10-16-18(14)3/h4-10,15H,11-12H2,1-3H3/i1D3,2D3,3D3,4D,5D,6D,7D,8D,11D2,15D. The molecule has 0 aliphatic heterocycles. The van der Waals surface area contributed by atoms with Crippen molar-refractivity contribution in [1.82, 2.24) is 14.7 Å². The third-order valence-corrected chi connectivity index (χ3v) is 2.04. The van der Waals surface area contributed by atoms with Gasteiger partial charge in [-0.3, -0.25) is 4.68 Å². The van der Waals surface area contributed by atoms with Crippen LogP contribution in [0.25, 0.3) is 0 Å². The molecule has 0 aliphatic rings. The topological polar surface area (TPSA) is 30.3 Å². The Balaban J connectivity index is 2.82. The monoisotopic (exact) mass is 276 g/mol. The van der Waals surface area contributed by atoms with E-state index in [4.69, 9.17) is 28.0 Å². The maximum atomic E-state index is 8.95. The van der Waals surface area contributed by atoms with Gasteiger partial charge in [0, 0.05) is 34.7 Å². The second-order valence-electron chi connectivity index (χ2n) is 3.24. The first-order chi connectivity index (χ1) is 16.0. The van der Waals surface area contributed by atoms with E-state index in [2.05, 4.69) is 5.10 Å². The lowest BCUT2D eigenvalue weighted by atomic mass is 10.1. The van der Waals surface area contributed by atoms with Gasteiger partial charge in [-0.15, -0.1) is 0 Å². The summed E-state index contributed by atoms with van der Waals surface area (Å²) < 4.78 is 138. The molecule has 0 fully saturated rings. The molecular weight excluding hydrogens is 238 g/mol. The molecule has 0 amide bonds. The van der Waals surface area contributed by atoms with Crippen LogP contribution >= 0.6 is 0 Å². The molecule has 4 nitrogen and oxygen atoms in total. The van der Waals surface area contributed by atoms with Gasteiger partial charge in [0.15, 0.2) is 0 Å². The smallest absolute Gasteiger partial charge is 0.124 e. The van der Waals surface area contributed by atoms with Gasteiger partial charge >= 0.3 is 0 Å². The van der Waals surface area contributed by atoms with E-state index in [0.717, 1.165) is 12.3 Å². The third kappa shape index (κ3) is 3.66. The van der Waals surface area contributed by atoms with Gasteiger partial charge in [-0.05, 0) is 25.6 Å². The lowest BCUT2D eigenvalue weighted by molar-refractivity contribution is 0.0638. The van der Waals surface area contributed by atoms with Gasteiger partial charge in [0.1, 0.15) is 6.08 Å². The summed E-state index contributed by atoms with van der Waals surface area (Å²) in [4.78, 5) is -0.462. The van der Waals surface area contributed by atoms with E-state index in [-0.39, 0.29) is 4.68 Å². The summed E-state index contributed by atoms with van der Waals surface area (Å²) in [5.74, 6) is 0. The summed E-state index contributed by atoms with van der Waals surface area (Å²) in [6.07, 6.45) is -2.17. The largest absolute Gasteiger partial charge is 0.366 e. The summed E-state index contributed by atoms with van der Waals surface area (Å²) >= 11 is 0. The van der Waals surface area contributed by atoms with Gasteiger partial charge in [-0.25, -0.2) is 0 Å². The number of ether oxygens (including phenoxy) is 1. The molecule has 2 rings (SSSR count). The van der Waals surface area contributed by atoms with Crippen molar-refractivity contribution in [2.45, 2.75) is 6.08 Å². The molecule has 0 aliphatic carbocycles. The Labute approximate surface area is 138 Å². The van der Waals surface area contributed by atoms with Crippen LogP contribution in [-0.2, 0) is 11.7 Å². The van der Waals surface area contributed by atoms with Crippen molar-refractivity contribution in [3.8, 4) is 0 Å². The van der Waals surface area contributed by atoms with Gasteiger partial charge in [0.05, 0.1) is 20.5 Å². The van der Waals surface area contributed by atoms with Crippen LogP contribution in [0.4, 0.5) is 0 Å². The number of aromatic nitrogens is 2. The first-order valence-corrected chi connectivity index (χ1v) is 5.04. The van der Waals surface area contributed by atoms with Crippen molar-refractivity contribution in [1.29, 1.82) is 0 Å². The Morgan fingerprint density at radius 3 is 3.11 bits per heavy atom. The van der Waals surface area contributed by atoms with Crippen LogP contribution in [0, 0.1) is 0 Å². The number of rotatable bonds is 6. The highest BCUT2D eigenvalue weighted by Crippen LogP contribution is 2.25. The summed E-state index contributed by atoms with van der Waals surface area (Å²) in [6, 6.07) is -3.73. The van der Waals surface area contributed by atoms with Crippen LogP contribution in [0.15, 0.2) is 42.5 Å². The van der Waals surface area contributed by atoms with Crippen LogP contribution in [-0.4, -0.2) is 41.7 Å². The SMILES string of the molecule is [2H]c1c([2H])c([2H])c(C([2H])(OCC([2H])([2H])N(C([2H])([2H])[2H])C([2H])([2H])[2H])c2ccnn2C([2H])([2H])[2H])c([2H])c1[2H]. The Bertz CT molecular complexity index is 1080. The predicted molar refractivity (Wildman–Crippen MR) is 76.0 cm³/mol. The first kappa shape index (κ1) is 3.71.